The van der Waals surface area contributed by atoms with Crippen molar-refractivity contribution in [3.63, 3.8) is 0 Å². The van der Waals surface area contributed by atoms with E-state index in [1.165, 1.54) is 106 Å². The maximum atomic E-state index is 14.7. The number of aryl methyl sites for hydroxylation is 8. The fourth-order valence-electron chi connectivity index (χ4n) is 9.84. The normalized spacial score (nSPS) is 12.9. The Morgan fingerprint density at radius 1 is 0.242 bits per heavy atom. The Morgan fingerprint density at radius 2 is 0.411 bits per heavy atom. The van der Waals surface area contributed by atoms with Crippen LogP contribution in [0.5, 0.6) is 0 Å². The largest absolute Gasteiger partial charge is 0.387 e. The lowest BCUT2D eigenvalue weighted by molar-refractivity contribution is 0.363. The molecule has 8 rings (SSSR count). The number of nitrogens with zero attached hydrogens (tertiary/aromatic N) is 2. The van der Waals surface area contributed by atoms with E-state index in [-0.39, 0.29) is 71.7 Å². The molecule has 0 aliphatic carbocycles. The van der Waals surface area contributed by atoms with Gasteiger partial charge in [0, 0.05) is 39.3 Å². The number of sulfone groups is 4. The first kappa shape index (κ1) is 75.6. The fourth-order valence-corrected chi connectivity index (χ4v) is 28.5. The Balaban J connectivity index is 0.000000278. The van der Waals surface area contributed by atoms with Crippen molar-refractivity contribution in [2.75, 3.05) is 39.3 Å². The summed E-state index contributed by atoms with van der Waals surface area (Å²) in [5.41, 5.74) is 5.95. The highest BCUT2D eigenvalue weighted by Gasteiger charge is 2.75. The topological polar surface area (TPSA) is 304 Å². The van der Waals surface area contributed by atoms with Gasteiger partial charge in [-0.3, -0.25) is 0 Å². The number of hydrogen-bond donors (Lipinski definition) is 2. The maximum absolute atomic E-state index is 14.7. The second kappa shape index (κ2) is 30.7. The van der Waals surface area contributed by atoms with E-state index in [1.807, 2.05) is 27.7 Å². The van der Waals surface area contributed by atoms with Crippen LogP contribution < -0.4 is 9.44 Å². The van der Waals surface area contributed by atoms with Crippen LogP contribution in [0.4, 0.5) is 0 Å². The third-order valence-electron chi connectivity index (χ3n) is 15.4. The number of sulfonamides is 4. The van der Waals surface area contributed by atoms with Gasteiger partial charge < -0.3 is 0 Å². The minimum atomic E-state index is -5.79. The first-order chi connectivity index (χ1) is 44.4. The molecule has 0 aliphatic rings. The fraction of sp³-hybridized carbons (Fsp3) is 0.284. The average Bonchev–Trinajstić information content (AvgIpc) is 0.667. The number of rotatable bonds is 29. The second-order valence-corrected chi connectivity index (χ2v) is 40.4. The van der Waals surface area contributed by atoms with E-state index in [9.17, 15) is 67.3 Å². The summed E-state index contributed by atoms with van der Waals surface area (Å²) < 4.78 is 227. The molecule has 95 heavy (non-hydrogen) atoms. The SMILES string of the molecule is Cc1ccc(S(=O)(=O)C(S(=O)(=O)c2ccc(C)cc2)(S(=O)(=O)c2ccc(C)cc2)S(=O)(=O)c2ccc(C)cc2)cc1.Cc1ccc(S(=O)(=O)NCCCN(CCCCN(CCCNS(=O)(=O)c2ccc(C)cc2)S(=O)(=O)c2ccc(C)cc2)S(=O)(=O)c2ccc(C)cc2)cc1. The lowest BCUT2D eigenvalue weighted by Crippen LogP contribution is -2.58. The highest BCUT2D eigenvalue weighted by molar-refractivity contribution is 8.39. The molecule has 0 saturated heterocycles. The Labute approximate surface area is 561 Å². The zero-order valence-electron chi connectivity index (χ0n) is 53.7. The smallest absolute Gasteiger partial charge is 0.220 e. The molecule has 0 saturated carbocycles. The van der Waals surface area contributed by atoms with Crippen molar-refractivity contribution in [2.45, 2.75) is 123 Å². The lowest BCUT2D eigenvalue weighted by Gasteiger charge is -2.32. The van der Waals surface area contributed by atoms with E-state index in [2.05, 4.69) is 9.44 Å². The first-order valence-electron chi connectivity index (χ1n) is 29.9. The predicted molar refractivity (Wildman–Crippen MR) is 367 cm³/mol. The second-order valence-electron chi connectivity index (χ2n) is 23.0. The quantitative estimate of drug-likeness (QED) is 0.0412. The molecule has 0 spiro atoms. The van der Waals surface area contributed by atoms with Crippen molar-refractivity contribution in [1.82, 2.24) is 18.1 Å². The molecular formula is C67H78N4O16S8. The zero-order valence-corrected chi connectivity index (χ0v) is 60.3. The van der Waals surface area contributed by atoms with Gasteiger partial charge in [-0.2, -0.15) is 8.61 Å². The van der Waals surface area contributed by atoms with Gasteiger partial charge in [0.1, 0.15) is 0 Å². The van der Waals surface area contributed by atoms with Crippen molar-refractivity contribution in [3.05, 3.63) is 239 Å². The van der Waals surface area contributed by atoms with Gasteiger partial charge in [-0.25, -0.2) is 76.8 Å². The minimum absolute atomic E-state index is 0.00632. The molecule has 0 aliphatic heterocycles. The molecule has 510 valence electrons. The molecule has 28 heteroatoms. The van der Waals surface area contributed by atoms with E-state index in [1.54, 1.807) is 76.2 Å². The van der Waals surface area contributed by atoms with E-state index in [0.29, 0.717) is 35.1 Å². The van der Waals surface area contributed by atoms with Gasteiger partial charge in [0.2, 0.25) is 79.4 Å². The molecule has 8 aromatic carbocycles. The Bertz CT molecular complexity index is 4460. The minimum Gasteiger partial charge on any atom is -0.220 e. The predicted octanol–water partition coefficient (Wildman–Crippen LogP) is 9.85. The van der Waals surface area contributed by atoms with Crippen molar-refractivity contribution in [2.24, 2.45) is 0 Å². The number of unbranched alkanes of at least 4 members (excludes halogenated alkanes) is 1. The van der Waals surface area contributed by atoms with E-state index in [0.717, 1.165) is 70.8 Å². The molecule has 0 unspecified atom stereocenters. The van der Waals surface area contributed by atoms with E-state index < -0.39 is 102 Å². The first-order valence-corrected chi connectivity index (χ1v) is 41.7. The van der Waals surface area contributed by atoms with Crippen LogP contribution in [-0.2, 0) is 79.4 Å². The molecule has 0 amide bonds. The molecule has 0 radical (unpaired) electrons. The molecule has 0 fully saturated rings. The van der Waals surface area contributed by atoms with Crippen LogP contribution in [0, 0.1) is 55.4 Å². The number of benzene rings is 8. The number of hydrogen-bond acceptors (Lipinski definition) is 16. The van der Waals surface area contributed by atoms with Gasteiger partial charge in [-0.05, 0) is 178 Å². The standard InChI is InChI=1S/C38H50N4O8S4.C29H28O8S4/c1-31-9-17-35(18-10-31)51(43,44)39-25-7-29-41(53(47,48)37-21-13-33(3)14-22-37)27-5-6-28-42(54(49,50)38-23-15-34(4)16-24-38)30-8-26-40-52(45,46)36-19-11-32(2)12-20-36;1-21-5-13-25(14-6-21)38(30,31)29(39(32,33)26-15-7-22(2)8-16-26,40(34,35)27-17-9-23(3)10-18-27)41(36,37)28-19-11-24(4)12-20-28/h9-24,39-40H,5-8,25-30H2,1-4H3;5-20H,1-4H3. The van der Waals surface area contributed by atoms with E-state index in [4.69, 9.17) is 0 Å². The Morgan fingerprint density at radius 3 is 0.611 bits per heavy atom. The van der Waals surface area contributed by atoms with Crippen LogP contribution >= 0.6 is 0 Å². The van der Waals surface area contributed by atoms with Crippen LogP contribution in [-0.4, -0.2) is 118 Å². The Hall–Kier alpha value is -6.80. The summed E-state index contributed by atoms with van der Waals surface area (Å²) in [6, 6.07) is 44.4. The molecule has 2 N–H and O–H groups in total. The monoisotopic (exact) mass is 1450 g/mol. The van der Waals surface area contributed by atoms with Crippen LogP contribution in [0.15, 0.2) is 233 Å². The van der Waals surface area contributed by atoms with Crippen molar-refractivity contribution in [1.29, 1.82) is 0 Å². The van der Waals surface area contributed by atoms with Crippen molar-refractivity contribution in [3.8, 4) is 0 Å². The molecule has 0 bridgehead atoms. The molecule has 0 heterocycles. The summed E-state index contributed by atoms with van der Waals surface area (Å²) in [5.74, 6) is 0. The van der Waals surface area contributed by atoms with Gasteiger partial charge in [0.25, 0.3) is 0 Å². The molecular weight excluding hydrogens is 1370 g/mol. The van der Waals surface area contributed by atoms with Crippen LogP contribution in [0.2, 0.25) is 0 Å². The highest BCUT2D eigenvalue weighted by Crippen LogP contribution is 2.50. The van der Waals surface area contributed by atoms with Gasteiger partial charge in [0.05, 0.1) is 39.2 Å². The average molecular weight is 1450 g/mol. The van der Waals surface area contributed by atoms with Crippen molar-refractivity contribution < 1.29 is 67.3 Å². The van der Waals surface area contributed by atoms with Crippen LogP contribution in [0.1, 0.15) is 70.2 Å². The summed E-state index contributed by atoms with van der Waals surface area (Å²) in [5, 5.41) is 0. The summed E-state index contributed by atoms with van der Waals surface area (Å²) in [4.78, 5) is -2.71. The van der Waals surface area contributed by atoms with Crippen molar-refractivity contribution >= 4 is 79.4 Å². The number of nitrogens with one attached hydrogen (secondary N) is 2. The zero-order chi connectivity index (χ0) is 70.0. The third kappa shape index (κ3) is 17.1. The van der Waals surface area contributed by atoms with Gasteiger partial charge in [-0.1, -0.05) is 142 Å². The lowest BCUT2D eigenvalue weighted by atomic mass is 10.2. The molecule has 0 aromatic heterocycles. The third-order valence-corrected chi connectivity index (χ3v) is 36.3. The van der Waals surface area contributed by atoms with Crippen LogP contribution in [0.3, 0.4) is 0 Å². The molecule has 0 atom stereocenters. The molecule has 8 aromatic rings. The van der Waals surface area contributed by atoms with E-state index >= 15 is 0 Å². The van der Waals surface area contributed by atoms with Crippen LogP contribution in [0.25, 0.3) is 0 Å². The maximum Gasteiger partial charge on any atom is 0.387 e. The summed E-state index contributed by atoms with van der Waals surface area (Å²) in [6.07, 6.45) is 1.01. The van der Waals surface area contributed by atoms with Gasteiger partial charge in [-0.15, -0.1) is 0 Å². The summed E-state index contributed by atoms with van der Waals surface area (Å²) >= 11 is 0. The Kier molecular flexibility index (Phi) is 24.4. The highest BCUT2D eigenvalue weighted by atomic mass is 32.4. The van der Waals surface area contributed by atoms with Gasteiger partial charge in [0.15, 0.2) is 0 Å². The summed E-state index contributed by atoms with van der Waals surface area (Å²) in [6.45, 7) is 14.2. The molecule has 20 nitrogen and oxygen atoms in total. The van der Waals surface area contributed by atoms with Gasteiger partial charge >= 0.3 is 2.74 Å². The summed E-state index contributed by atoms with van der Waals surface area (Å²) in [7, 11) is -38.7.